The highest BCUT2D eigenvalue weighted by Gasteiger charge is 2.55. The molecule has 1 fully saturated rings. The lowest BCUT2D eigenvalue weighted by Crippen LogP contribution is -2.58. The lowest BCUT2D eigenvalue weighted by Gasteiger charge is -2.42. The molecule has 2 aromatic rings. The molecule has 4 atom stereocenters. The Bertz CT molecular complexity index is 669. The van der Waals surface area contributed by atoms with Gasteiger partial charge in [-0.1, -0.05) is 0 Å². The number of rotatable bonds is 0. The molecule has 0 saturated carbocycles. The summed E-state index contributed by atoms with van der Waals surface area (Å²) in [6.45, 7) is 0.252. The first kappa shape index (κ1) is 12.7. The zero-order valence-corrected chi connectivity index (χ0v) is 11.3. The summed E-state index contributed by atoms with van der Waals surface area (Å²) >= 11 is 1.64. The molecule has 1 aromatic heterocycles. The molecule has 3 heterocycles. The van der Waals surface area contributed by atoms with Crippen LogP contribution in [-0.4, -0.2) is 40.2 Å². The minimum absolute atomic E-state index is 0.0701. The summed E-state index contributed by atoms with van der Waals surface area (Å²) in [6.07, 6.45) is -3.70. The Morgan fingerprint density at radius 3 is 2.90 bits per heavy atom. The van der Waals surface area contributed by atoms with Gasteiger partial charge in [0, 0.05) is 10.3 Å². The van der Waals surface area contributed by atoms with Gasteiger partial charge in [0.1, 0.15) is 18.3 Å². The van der Waals surface area contributed by atoms with Gasteiger partial charge in [-0.25, -0.2) is 0 Å². The summed E-state index contributed by atoms with van der Waals surface area (Å²) in [6, 6.07) is 5.95. The van der Waals surface area contributed by atoms with Crippen molar-refractivity contribution in [3.8, 4) is 0 Å². The molecule has 4 unspecified atom stereocenters. The summed E-state index contributed by atoms with van der Waals surface area (Å²) < 4.78 is 12.4. The molecular formula is C14H14O5S. The molecule has 0 amide bonds. The minimum Gasteiger partial charge on any atom is -0.388 e. The van der Waals surface area contributed by atoms with Crippen LogP contribution < -0.4 is 0 Å². The van der Waals surface area contributed by atoms with Crippen LogP contribution in [0.4, 0.5) is 0 Å². The lowest BCUT2D eigenvalue weighted by molar-refractivity contribution is -0.342. The fourth-order valence-electron chi connectivity index (χ4n) is 2.95. The van der Waals surface area contributed by atoms with E-state index in [2.05, 4.69) is 0 Å². The average Bonchev–Trinajstić information content (AvgIpc) is 3.04. The van der Waals surface area contributed by atoms with Crippen LogP contribution in [0.15, 0.2) is 23.6 Å². The second-order valence-electron chi connectivity index (χ2n) is 5.24. The molecule has 1 aromatic carbocycles. The molecule has 1 saturated heterocycles. The molecular weight excluding hydrogens is 280 g/mol. The summed E-state index contributed by atoms with van der Waals surface area (Å²) in [4.78, 5) is 0. The third kappa shape index (κ3) is 1.54. The molecule has 3 N–H and O–H groups in total. The van der Waals surface area contributed by atoms with Gasteiger partial charge >= 0.3 is 0 Å². The van der Waals surface area contributed by atoms with E-state index in [4.69, 9.17) is 9.47 Å². The molecule has 5 nitrogen and oxygen atoms in total. The Morgan fingerprint density at radius 2 is 2.05 bits per heavy atom. The van der Waals surface area contributed by atoms with Gasteiger partial charge in [-0.15, -0.1) is 11.3 Å². The molecule has 4 rings (SSSR count). The second-order valence-corrected chi connectivity index (χ2v) is 6.19. The Morgan fingerprint density at radius 1 is 1.20 bits per heavy atom. The lowest BCUT2D eigenvalue weighted by atomic mass is 9.90. The number of hydrogen-bond acceptors (Lipinski definition) is 6. The molecule has 0 bridgehead atoms. The highest BCUT2D eigenvalue weighted by molar-refractivity contribution is 7.17. The number of aliphatic hydroxyl groups is 3. The van der Waals surface area contributed by atoms with Crippen LogP contribution in [0.3, 0.4) is 0 Å². The summed E-state index contributed by atoms with van der Waals surface area (Å²) in [5.41, 5.74) is 1.68. The van der Waals surface area contributed by atoms with Crippen molar-refractivity contribution in [1.29, 1.82) is 0 Å². The highest BCUT2D eigenvalue weighted by atomic mass is 32.1. The number of thiophene rings is 1. The molecule has 0 radical (unpaired) electrons. The van der Waals surface area contributed by atoms with E-state index in [1.165, 1.54) is 0 Å². The van der Waals surface area contributed by atoms with Crippen LogP contribution >= 0.6 is 11.3 Å². The van der Waals surface area contributed by atoms with E-state index in [9.17, 15) is 15.3 Å². The van der Waals surface area contributed by atoms with Gasteiger partial charge in [0.25, 0.3) is 0 Å². The van der Waals surface area contributed by atoms with Crippen molar-refractivity contribution in [2.45, 2.75) is 30.7 Å². The second kappa shape index (κ2) is 4.24. The van der Waals surface area contributed by atoms with Gasteiger partial charge in [-0.3, -0.25) is 0 Å². The molecule has 2 aliphatic rings. The van der Waals surface area contributed by atoms with Crippen LogP contribution in [0.1, 0.15) is 11.1 Å². The van der Waals surface area contributed by atoms with Gasteiger partial charge in [0.2, 0.25) is 5.79 Å². The first-order valence-electron chi connectivity index (χ1n) is 6.44. The van der Waals surface area contributed by atoms with E-state index >= 15 is 0 Å². The predicted molar refractivity (Wildman–Crippen MR) is 72.3 cm³/mol. The number of benzene rings is 1. The molecule has 2 aliphatic heterocycles. The van der Waals surface area contributed by atoms with Crippen molar-refractivity contribution in [3.63, 3.8) is 0 Å². The zero-order chi connectivity index (χ0) is 13.9. The Labute approximate surface area is 119 Å². The third-order valence-electron chi connectivity index (χ3n) is 4.07. The fraction of sp³-hybridized carbons (Fsp3) is 0.429. The normalized spacial score (nSPS) is 36.6. The van der Waals surface area contributed by atoms with Crippen LogP contribution in [0, 0.1) is 0 Å². The van der Waals surface area contributed by atoms with Gasteiger partial charge in [-0.2, -0.15) is 0 Å². The largest absolute Gasteiger partial charge is 0.388 e. The van der Waals surface area contributed by atoms with E-state index in [1.807, 2.05) is 23.6 Å². The summed E-state index contributed by atoms with van der Waals surface area (Å²) in [7, 11) is 0. The number of aliphatic hydroxyl groups excluding tert-OH is 3. The van der Waals surface area contributed by atoms with Gasteiger partial charge in [-0.05, 0) is 34.5 Å². The zero-order valence-electron chi connectivity index (χ0n) is 10.5. The van der Waals surface area contributed by atoms with Crippen LogP contribution in [0.2, 0.25) is 0 Å². The smallest absolute Gasteiger partial charge is 0.225 e. The Hall–Kier alpha value is -1.02. The summed E-state index contributed by atoms with van der Waals surface area (Å²) in [5.74, 6) is -1.37. The maximum absolute atomic E-state index is 10.3. The quantitative estimate of drug-likeness (QED) is 0.666. The number of ether oxygens (including phenoxy) is 2. The minimum atomic E-state index is -1.37. The van der Waals surface area contributed by atoms with E-state index in [-0.39, 0.29) is 6.61 Å². The van der Waals surface area contributed by atoms with Crippen LogP contribution in [-0.2, 0) is 21.9 Å². The fourth-order valence-corrected chi connectivity index (χ4v) is 3.79. The van der Waals surface area contributed by atoms with Gasteiger partial charge in [0.15, 0.2) is 0 Å². The van der Waals surface area contributed by atoms with E-state index in [0.29, 0.717) is 6.61 Å². The van der Waals surface area contributed by atoms with Crippen molar-refractivity contribution >= 4 is 21.4 Å². The maximum atomic E-state index is 10.3. The van der Waals surface area contributed by atoms with Crippen molar-refractivity contribution in [2.24, 2.45) is 0 Å². The number of hydrogen-bond donors (Lipinski definition) is 3. The van der Waals surface area contributed by atoms with Crippen molar-refractivity contribution in [1.82, 2.24) is 0 Å². The number of fused-ring (bicyclic) bond motifs is 3. The topological polar surface area (TPSA) is 79.2 Å². The molecule has 0 aliphatic carbocycles. The Balaban J connectivity index is 1.86. The Kier molecular flexibility index (Phi) is 2.69. The van der Waals surface area contributed by atoms with Crippen molar-refractivity contribution in [2.75, 3.05) is 6.61 Å². The van der Waals surface area contributed by atoms with Crippen LogP contribution in [0.25, 0.3) is 10.1 Å². The van der Waals surface area contributed by atoms with E-state index in [1.54, 1.807) is 11.3 Å². The maximum Gasteiger partial charge on any atom is 0.225 e. The van der Waals surface area contributed by atoms with E-state index in [0.717, 1.165) is 21.2 Å². The van der Waals surface area contributed by atoms with Crippen molar-refractivity contribution < 1.29 is 24.8 Å². The van der Waals surface area contributed by atoms with E-state index < -0.39 is 24.1 Å². The monoisotopic (exact) mass is 294 g/mol. The summed E-state index contributed by atoms with van der Waals surface area (Å²) in [5, 5.41) is 32.9. The highest BCUT2D eigenvalue weighted by Crippen LogP contribution is 2.45. The SMILES string of the molecule is OC1COC2(OCc3cc4sccc4cc32)C(O)C1O. The molecule has 6 heteroatoms. The molecule has 1 spiro atoms. The average molecular weight is 294 g/mol. The first-order chi connectivity index (χ1) is 9.62. The predicted octanol–water partition coefficient (Wildman–Crippen LogP) is 0.697. The standard InChI is InChI=1S/C14H14O5S/c15-10-6-19-14(13(17)12(10)16)9-3-7-1-2-20-11(7)4-8(9)5-18-14/h1-4,10,12-13,15-17H,5-6H2. The molecule has 106 valence electrons. The van der Waals surface area contributed by atoms with Crippen LogP contribution in [0.5, 0.6) is 0 Å². The van der Waals surface area contributed by atoms with Gasteiger partial charge in [0.05, 0.1) is 13.2 Å². The first-order valence-corrected chi connectivity index (χ1v) is 7.32. The van der Waals surface area contributed by atoms with Gasteiger partial charge < -0.3 is 24.8 Å². The molecule has 20 heavy (non-hydrogen) atoms. The third-order valence-corrected chi connectivity index (χ3v) is 4.95. The van der Waals surface area contributed by atoms with Crippen molar-refractivity contribution in [3.05, 3.63) is 34.7 Å².